The van der Waals surface area contributed by atoms with Crippen LogP contribution in [-0.2, 0) is 0 Å². The van der Waals surface area contributed by atoms with Gasteiger partial charge >= 0.3 is 5.69 Å². The number of nitro benzene ring substituents is 2. The molecule has 0 aliphatic carbocycles. The third-order valence-electron chi connectivity index (χ3n) is 4.77. The lowest BCUT2D eigenvalue weighted by Gasteiger charge is -2.12. The number of non-ortho nitro benzene ring substituents is 1. The maximum atomic E-state index is 11.5. The fourth-order valence-electron chi connectivity index (χ4n) is 3.11. The van der Waals surface area contributed by atoms with Crippen LogP contribution in [0.1, 0.15) is 5.56 Å². The third kappa shape index (κ3) is 6.12. The van der Waals surface area contributed by atoms with Crippen LogP contribution in [0.25, 0.3) is 0 Å². The van der Waals surface area contributed by atoms with E-state index < -0.39 is 21.2 Å². The van der Waals surface area contributed by atoms with Crippen molar-refractivity contribution in [3.05, 3.63) is 120 Å². The summed E-state index contributed by atoms with van der Waals surface area (Å²) in [4.78, 5) is 25.6. The Morgan fingerprint density at radius 1 is 0.778 bits per heavy atom. The Bertz CT molecular complexity index is 1460. The summed E-state index contributed by atoms with van der Waals surface area (Å²) >= 11 is 6.83. The van der Waals surface area contributed by atoms with Crippen molar-refractivity contribution in [3.63, 3.8) is 0 Å². The molecule has 0 amide bonds. The van der Waals surface area contributed by atoms with Gasteiger partial charge in [-0.3, -0.25) is 25.2 Å². The number of rotatable bonds is 8. The molecule has 0 aromatic heterocycles. The van der Waals surface area contributed by atoms with Crippen LogP contribution in [0, 0.1) is 20.2 Å². The minimum Gasteiger partial charge on any atom is -0.457 e. The molecule has 0 radical (unpaired) electrons. The Labute approximate surface area is 221 Å². The molecule has 9 nitrogen and oxygen atoms in total. The molecule has 0 bridgehead atoms. The van der Waals surface area contributed by atoms with Crippen molar-refractivity contribution in [1.82, 2.24) is 0 Å². The van der Waals surface area contributed by atoms with Gasteiger partial charge in [-0.25, -0.2) is 0 Å². The maximum absolute atomic E-state index is 11.5. The number of para-hydroxylation sites is 1. The molecule has 36 heavy (non-hydrogen) atoms. The van der Waals surface area contributed by atoms with E-state index >= 15 is 0 Å². The first-order valence-electron chi connectivity index (χ1n) is 10.3. The molecule has 4 aromatic carbocycles. The highest BCUT2D eigenvalue weighted by molar-refractivity contribution is 9.11. The smallest absolute Gasteiger partial charge is 0.318 e. The van der Waals surface area contributed by atoms with Crippen LogP contribution in [-0.4, -0.2) is 16.1 Å². The summed E-state index contributed by atoms with van der Waals surface area (Å²) in [6.07, 6.45) is 1.55. The molecule has 180 valence electrons. The molecule has 0 saturated carbocycles. The highest BCUT2D eigenvalue weighted by Crippen LogP contribution is 2.40. The van der Waals surface area contributed by atoms with Crippen molar-refractivity contribution in [2.75, 3.05) is 0 Å². The average Bonchev–Trinajstić information content (AvgIpc) is 2.86. The van der Waals surface area contributed by atoms with Crippen LogP contribution in [0.3, 0.4) is 0 Å². The summed E-state index contributed by atoms with van der Waals surface area (Å²) < 4.78 is 12.9. The summed E-state index contributed by atoms with van der Waals surface area (Å²) in [7, 11) is 0. The molecule has 0 unspecified atom stereocenters. The van der Waals surface area contributed by atoms with Gasteiger partial charge in [0.2, 0.25) is 5.75 Å². The second kappa shape index (κ2) is 11.1. The number of nitro groups is 2. The molecular weight excluding hydrogens is 598 g/mol. The lowest BCUT2D eigenvalue weighted by atomic mass is 10.2. The van der Waals surface area contributed by atoms with E-state index in [1.54, 1.807) is 42.6 Å². The fraction of sp³-hybridized carbons (Fsp3) is 0. The summed E-state index contributed by atoms with van der Waals surface area (Å²) in [6.45, 7) is 0. The molecule has 4 aromatic rings. The molecule has 0 aliphatic heterocycles. The molecule has 0 spiro atoms. The maximum Gasteiger partial charge on any atom is 0.318 e. The Hall–Kier alpha value is -4.09. The predicted octanol–water partition coefficient (Wildman–Crippen LogP) is 8.36. The molecule has 0 saturated heterocycles. The number of nitrogens with zero attached hydrogens (tertiary/aromatic N) is 3. The van der Waals surface area contributed by atoms with Gasteiger partial charge in [-0.1, -0.05) is 34.1 Å². The molecule has 11 heteroatoms. The number of hydrogen-bond donors (Lipinski definition) is 0. The van der Waals surface area contributed by atoms with Crippen LogP contribution >= 0.6 is 31.9 Å². The fourth-order valence-corrected chi connectivity index (χ4v) is 4.45. The van der Waals surface area contributed by atoms with Gasteiger partial charge in [0.15, 0.2) is 5.75 Å². The van der Waals surface area contributed by atoms with Crippen molar-refractivity contribution in [2.24, 2.45) is 4.99 Å². The molecule has 4 rings (SSSR count). The molecule has 0 N–H and O–H groups in total. The average molecular weight is 613 g/mol. The highest BCUT2D eigenvalue weighted by Gasteiger charge is 2.23. The van der Waals surface area contributed by atoms with E-state index in [1.807, 2.05) is 30.3 Å². The molecule has 0 atom stereocenters. The number of ether oxygens (including phenoxy) is 2. The summed E-state index contributed by atoms with van der Waals surface area (Å²) in [5, 5.41) is 22.5. The van der Waals surface area contributed by atoms with Gasteiger partial charge in [-0.2, -0.15) is 0 Å². The van der Waals surface area contributed by atoms with Crippen molar-refractivity contribution in [3.8, 4) is 23.0 Å². The quantitative estimate of drug-likeness (QED) is 0.112. The predicted molar refractivity (Wildman–Crippen MR) is 142 cm³/mol. The molecular formula is C25H15Br2N3O6. The van der Waals surface area contributed by atoms with Crippen molar-refractivity contribution in [2.45, 2.75) is 0 Å². The van der Waals surface area contributed by atoms with E-state index in [-0.39, 0.29) is 11.5 Å². The van der Waals surface area contributed by atoms with Gasteiger partial charge in [0.05, 0.1) is 26.1 Å². The van der Waals surface area contributed by atoms with Crippen LogP contribution in [0.4, 0.5) is 17.1 Å². The summed E-state index contributed by atoms with van der Waals surface area (Å²) in [5.74, 6) is 1.48. The van der Waals surface area contributed by atoms with Crippen LogP contribution in [0.2, 0.25) is 0 Å². The van der Waals surface area contributed by atoms with Crippen LogP contribution in [0.5, 0.6) is 23.0 Å². The molecule has 0 fully saturated rings. The summed E-state index contributed by atoms with van der Waals surface area (Å²) in [5.41, 5.74) is 0.202. The number of hydrogen-bond acceptors (Lipinski definition) is 7. The Morgan fingerprint density at radius 3 is 2.14 bits per heavy atom. The minimum absolute atomic E-state index is 0.148. The largest absolute Gasteiger partial charge is 0.457 e. The zero-order chi connectivity index (χ0) is 25.7. The third-order valence-corrected chi connectivity index (χ3v) is 5.81. The number of benzene rings is 4. The van der Waals surface area contributed by atoms with E-state index in [9.17, 15) is 20.2 Å². The zero-order valence-electron chi connectivity index (χ0n) is 18.2. The SMILES string of the molecule is O=[N+]([O-])c1ccc(Oc2c(Br)cc(Br)cc2C=Nc2ccc(Oc3ccccc3)cc2)c([N+](=O)[O-])c1. The summed E-state index contributed by atoms with van der Waals surface area (Å²) in [6, 6.07) is 23.1. The highest BCUT2D eigenvalue weighted by atomic mass is 79.9. The van der Waals surface area contributed by atoms with Crippen LogP contribution in [0.15, 0.2) is 98.9 Å². The van der Waals surface area contributed by atoms with E-state index in [0.29, 0.717) is 25.9 Å². The second-order valence-electron chi connectivity index (χ2n) is 7.24. The van der Waals surface area contributed by atoms with Gasteiger partial charge in [-0.15, -0.1) is 0 Å². The zero-order valence-corrected chi connectivity index (χ0v) is 21.4. The first kappa shape index (κ1) is 25.0. The van der Waals surface area contributed by atoms with Gasteiger partial charge in [0.1, 0.15) is 11.5 Å². The van der Waals surface area contributed by atoms with Gasteiger partial charge in [0, 0.05) is 22.3 Å². The Morgan fingerprint density at radius 2 is 1.47 bits per heavy atom. The number of aliphatic imine (C=N–C) groups is 1. The first-order valence-corrected chi connectivity index (χ1v) is 11.9. The van der Waals surface area contributed by atoms with Crippen molar-refractivity contribution >= 4 is 55.1 Å². The Balaban J connectivity index is 1.61. The lowest BCUT2D eigenvalue weighted by Crippen LogP contribution is -1.98. The van der Waals surface area contributed by atoms with E-state index in [1.165, 1.54) is 6.07 Å². The number of halogens is 2. The monoisotopic (exact) mass is 611 g/mol. The lowest BCUT2D eigenvalue weighted by molar-refractivity contribution is -0.394. The molecule has 0 heterocycles. The van der Waals surface area contributed by atoms with Crippen molar-refractivity contribution in [1.29, 1.82) is 0 Å². The van der Waals surface area contributed by atoms with Gasteiger partial charge in [0.25, 0.3) is 5.69 Å². The molecule has 0 aliphatic rings. The standard InChI is InChI=1S/C25H15Br2N3O6/c26-17-12-16(15-28-18-6-9-21(10-7-18)35-20-4-2-1-3-5-20)25(22(27)13-17)36-24-11-8-19(29(31)32)14-23(24)30(33)34/h1-15H. The van der Waals surface area contributed by atoms with Gasteiger partial charge in [-0.05, 0) is 70.5 Å². The Kier molecular flexibility index (Phi) is 7.71. The van der Waals surface area contributed by atoms with Gasteiger partial charge < -0.3 is 9.47 Å². The van der Waals surface area contributed by atoms with E-state index in [4.69, 9.17) is 9.47 Å². The minimum atomic E-state index is -0.734. The van der Waals surface area contributed by atoms with E-state index in [0.717, 1.165) is 17.9 Å². The second-order valence-corrected chi connectivity index (χ2v) is 9.01. The van der Waals surface area contributed by atoms with Crippen molar-refractivity contribution < 1.29 is 19.3 Å². The topological polar surface area (TPSA) is 117 Å². The normalized spacial score (nSPS) is 10.8. The van der Waals surface area contributed by atoms with E-state index in [2.05, 4.69) is 36.9 Å². The first-order chi connectivity index (χ1) is 17.3. The van der Waals surface area contributed by atoms with Crippen LogP contribution < -0.4 is 9.47 Å².